The van der Waals surface area contributed by atoms with Gasteiger partial charge in [-0.2, -0.15) is 0 Å². The number of ketones is 1. The molecule has 0 radical (unpaired) electrons. The van der Waals surface area contributed by atoms with Crippen LogP contribution >= 0.6 is 0 Å². The summed E-state index contributed by atoms with van der Waals surface area (Å²) < 4.78 is 0. The van der Waals surface area contributed by atoms with E-state index in [2.05, 4.69) is 5.32 Å². The summed E-state index contributed by atoms with van der Waals surface area (Å²) in [4.78, 5) is 50.3. The van der Waals surface area contributed by atoms with Gasteiger partial charge < -0.3 is 4.90 Å². The van der Waals surface area contributed by atoms with E-state index in [-0.39, 0.29) is 42.9 Å². The maximum atomic E-state index is 12.8. The number of amides is 3. The lowest BCUT2D eigenvalue weighted by Gasteiger charge is -2.20. The van der Waals surface area contributed by atoms with E-state index in [9.17, 15) is 19.2 Å². The first-order chi connectivity index (χ1) is 12.5. The Hall–Kier alpha value is -2.76. The second-order valence-corrected chi connectivity index (χ2v) is 7.32. The van der Waals surface area contributed by atoms with E-state index in [4.69, 9.17) is 0 Å². The van der Waals surface area contributed by atoms with Crippen molar-refractivity contribution in [3.8, 4) is 0 Å². The van der Waals surface area contributed by atoms with Gasteiger partial charge in [0.15, 0.2) is 5.78 Å². The maximum absolute atomic E-state index is 12.8. The number of hydrogen-bond donors (Lipinski definition) is 1. The summed E-state index contributed by atoms with van der Waals surface area (Å²) >= 11 is 0. The molecular formula is C20H20N2O4. The van der Waals surface area contributed by atoms with Gasteiger partial charge in [0.1, 0.15) is 0 Å². The molecule has 0 unspecified atom stereocenters. The average Bonchev–Trinajstić information content (AvgIpc) is 3.28. The molecular weight excluding hydrogens is 332 g/mol. The summed E-state index contributed by atoms with van der Waals surface area (Å²) in [5.41, 5.74) is 1.75. The minimum absolute atomic E-state index is 0.0277. The highest BCUT2D eigenvalue weighted by Gasteiger charge is 2.51. The van der Waals surface area contributed by atoms with Crippen LogP contribution in [0.1, 0.15) is 37.7 Å². The molecule has 6 heteroatoms. The minimum atomic E-state index is -0.775. The third-order valence-corrected chi connectivity index (χ3v) is 5.69. The summed E-state index contributed by atoms with van der Waals surface area (Å²) in [5.74, 6) is -0.670. The van der Waals surface area contributed by atoms with Crippen molar-refractivity contribution in [2.24, 2.45) is 5.41 Å². The molecule has 1 N–H and O–H groups in total. The number of imide groups is 1. The summed E-state index contributed by atoms with van der Waals surface area (Å²) in [6.45, 7) is 0.702. The van der Waals surface area contributed by atoms with Crippen molar-refractivity contribution in [3.05, 3.63) is 41.5 Å². The summed E-state index contributed by atoms with van der Waals surface area (Å²) in [6, 6.07) is 9.67. The van der Waals surface area contributed by atoms with Gasteiger partial charge in [0.2, 0.25) is 17.7 Å². The van der Waals surface area contributed by atoms with Crippen molar-refractivity contribution in [2.75, 3.05) is 13.1 Å². The van der Waals surface area contributed by atoms with Crippen LogP contribution in [0, 0.1) is 5.41 Å². The highest BCUT2D eigenvalue weighted by atomic mass is 16.2. The fraction of sp³-hybridized carbons (Fsp3) is 0.400. The number of nitrogens with zero attached hydrogens (tertiary/aromatic N) is 1. The number of rotatable bonds is 3. The predicted molar refractivity (Wildman–Crippen MR) is 93.6 cm³/mol. The van der Waals surface area contributed by atoms with Gasteiger partial charge in [-0.3, -0.25) is 24.5 Å². The smallest absolute Gasteiger partial charge is 0.235 e. The van der Waals surface area contributed by atoms with Gasteiger partial charge >= 0.3 is 0 Å². The van der Waals surface area contributed by atoms with Crippen LogP contribution in [0.5, 0.6) is 0 Å². The van der Waals surface area contributed by atoms with E-state index in [1.54, 1.807) is 4.90 Å². The molecule has 3 amide bonds. The molecule has 4 rings (SSSR count). The standard InChI is InChI=1S/C20H20N2O4/c23-16-7-6-14(13-4-2-1-3-5-13)15(16)10-18(25)22-9-8-20(12-22)11-17(24)21-19(20)26/h1-5H,6-12H2,(H,21,24,26)/t20-/m0/s1. The van der Waals surface area contributed by atoms with Crippen LogP contribution in [0.3, 0.4) is 0 Å². The second-order valence-electron chi connectivity index (χ2n) is 7.32. The van der Waals surface area contributed by atoms with Crippen molar-refractivity contribution in [2.45, 2.75) is 32.1 Å². The number of nitrogens with one attached hydrogen (secondary N) is 1. The van der Waals surface area contributed by atoms with E-state index in [0.29, 0.717) is 31.4 Å². The topological polar surface area (TPSA) is 83.6 Å². The van der Waals surface area contributed by atoms with Gasteiger partial charge in [0.25, 0.3) is 0 Å². The Morgan fingerprint density at radius 2 is 1.88 bits per heavy atom. The summed E-state index contributed by atoms with van der Waals surface area (Å²) in [5, 5.41) is 2.34. The third-order valence-electron chi connectivity index (χ3n) is 5.69. The number of carbonyl (C=O) groups is 4. The number of likely N-dealkylation sites (tertiary alicyclic amines) is 1. The molecule has 26 heavy (non-hydrogen) atoms. The Morgan fingerprint density at radius 1 is 1.12 bits per heavy atom. The van der Waals surface area contributed by atoms with Crippen LogP contribution in [-0.2, 0) is 19.2 Å². The van der Waals surface area contributed by atoms with Crippen molar-refractivity contribution in [1.29, 1.82) is 0 Å². The number of carbonyl (C=O) groups excluding carboxylic acids is 4. The Labute approximate surface area is 151 Å². The van der Waals surface area contributed by atoms with Crippen molar-refractivity contribution in [3.63, 3.8) is 0 Å². The van der Waals surface area contributed by atoms with Crippen molar-refractivity contribution < 1.29 is 19.2 Å². The van der Waals surface area contributed by atoms with Gasteiger partial charge in [-0.25, -0.2) is 0 Å². The third kappa shape index (κ3) is 2.75. The molecule has 2 saturated heterocycles. The fourth-order valence-electron chi connectivity index (χ4n) is 4.24. The maximum Gasteiger partial charge on any atom is 0.235 e. The lowest BCUT2D eigenvalue weighted by molar-refractivity contribution is -0.132. The van der Waals surface area contributed by atoms with Gasteiger partial charge in [-0.1, -0.05) is 30.3 Å². The molecule has 0 saturated carbocycles. The van der Waals surface area contributed by atoms with Crippen molar-refractivity contribution in [1.82, 2.24) is 10.2 Å². The largest absolute Gasteiger partial charge is 0.341 e. The highest BCUT2D eigenvalue weighted by Crippen LogP contribution is 2.39. The molecule has 3 aliphatic rings. The zero-order valence-corrected chi connectivity index (χ0v) is 14.4. The Morgan fingerprint density at radius 3 is 2.58 bits per heavy atom. The molecule has 0 bridgehead atoms. The minimum Gasteiger partial charge on any atom is -0.341 e. The van der Waals surface area contributed by atoms with E-state index >= 15 is 0 Å². The van der Waals surface area contributed by atoms with Crippen molar-refractivity contribution >= 4 is 29.1 Å². The zero-order chi connectivity index (χ0) is 18.3. The zero-order valence-electron chi connectivity index (χ0n) is 14.4. The highest BCUT2D eigenvalue weighted by molar-refractivity contribution is 6.10. The summed E-state index contributed by atoms with van der Waals surface area (Å²) in [6.07, 6.45) is 1.80. The molecule has 1 aromatic carbocycles. The Kier molecular flexibility index (Phi) is 3.98. The normalized spacial score (nSPS) is 25.5. The number of Topliss-reactive ketones (excluding diaryl/α,β-unsaturated/α-hetero) is 1. The first-order valence-corrected chi connectivity index (χ1v) is 8.91. The second kappa shape index (κ2) is 6.20. The first kappa shape index (κ1) is 16.7. The van der Waals surface area contributed by atoms with E-state index < -0.39 is 5.41 Å². The Balaban J connectivity index is 1.52. The first-order valence-electron chi connectivity index (χ1n) is 8.91. The molecule has 2 fully saturated rings. The van der Waals surface area contributed by atoms with Crippen LogP contribution < -0.4 is 5.32 Å². The van der Waals surface area contributed by atoms with Gasteiger partial charge in [-0.05, 0) is 24.0 Å². The van der Waals surface area contributed by atoms with Crippen LogP contribution in [0.2, 0.25) is 0 Å². The van der Waals surface area contributed by atoms with Crippen LogP contribution in [0.15, 0.2) is 35.9 Å². The SMILES string of the molecule is O=C1C[C@]2(CCN(C(=O)CC3=C(c4ccccc4)CCC3=O)C2)C(=O)N1. The number of hydrogen-bond acceptors (Lipinski definition) is 4. The van der Waals surface area contributed by atoms with Crippen LogP contribution in [0.4, 0.5) is 0 Å². The molecule has 1 spiro atoms. The monoisotopic (exact) mass is 352 g/mol. The van der Waals surface area contributed by atoms with Crippen LogP contribution in [0.25, 0.3) is 5.57 Å². The van der Waals surface area contributed by atoms with E-state index in [1.807, 2.05) is 30.3 Å². The lowest BCUT2D eigenvalue weighted by Crippen LogP contribution is -2.36. The molecule has 1 atom stereocenters. The molecule has 6 nitrogen and oxygen atoms in total. The number of allylic oxidation sites excluding steroid dienone is 1. The quantitative estimate of drug-likeness (QED) is 0.835. The molecule has 1 aliphatic carbocycles. The van der Waals surface area contributed by atoms with E-state index in [1.165, 1.54) is 0 Å². The summed E-state index contributed by atoms with van der Waals surface area (Å²) in [7, 11) is 0. The average molecular weight is 352 g/mol. The molecule has 1 aromatic rings. The van der Waals surface area contributed by atoms with Crippen LogP contribution in [-0.4, -0.2) is 41.5 Å². The Bertz CT molecular complexity index is 843. The molecule has 0 aromatic heterocycles. The number of benzene rings is 1. The van der Waals surface area contributed by atoms with Gasteiger partial charge in [0, 0.05) is 31.5 Å². The lowest BCUT2D eigenvalue weighted by atomic mass is 9.85. The fourth-order valence-corrected chi connectivity index (χ4v) is 4.24. The predicted octanol–water partition coefficient (Wildman–Crippen LogP) is 1.46. The van der Waals surface area contributed by atoms with E-state index in [0.717, 1.165) is 11.1 Å². The van der Waals surface area contributed by atoms with Gasteiger partial charge in [-0.15, -0.1) is 0 Å². The van der Waals surface area contributed by atoms with Gasteiger partial charge in [0.05, 0.1) is 11.8 Å². The molecule has 2 heterocycles. The molecule has 2 aliphatic heterocycles. The molecule has 134 valence electrons.